The van der Waals surface area contributed by atoms with Gasteiger partial charge >= 0.3 is 0 Å². The van der Waals surface area contributed by atoms with E-state index in [1.807, 2.05) is 0 Å². The van der Waals surface area contributed by atoms with Gasteiger partial charge in [-0.3, -0.25) is 9.59 Å². The molecule has 5 nitrogen and oxygen atoms in total. The number of amides is 2. The fourth-order valence-electron chi connectivity index (χ4n) is 1.84. The van der Waals surface area contributed by atoms with Gasteiger partial charge in [0, 0.05) is 18.8 Å². The van der Waals surface area contributed by atoms with Gasteiger partial charge in [-0.2, -0.15) is 0 Å². The van der Waals surface area contributed by atoms with Crippen molar-refractivity contribution in [3.8, 4) is 0 Å². The number of anilines is 1. The van der Waals surface area contributed by atoms with Crippen molar-refractivity contribution in [3.63, 3.8) is 0 Å². The first-order valence-corrected chi connectivity index (χ1v) is 7.62. The van der Waals surface area contributed by atoms with Crippen molar-refractivity contribution in [2.45, 2.75) is 0 Å². The number of halogens is 3. The Morgan fingerprint density at radius 2 is 1.83 bits per heavy atom. The summed E-state index contributed by atoms with van der Waals surface area (Å²) in [4.78, 5) is 29.4. The molecule has 0 saturated heterocycles. The van der Waals surface area contributed by atoms with Gasteiger partial charge in [-0.25, -0.2) is 4.98 Å². The highest BCUT2D eigenvalue weighted by molar-refractivity contribution is 6.39. The summed E-state index contributed by atoms with van der Waals surface area (Å²) in [6.07, 6.45) is 1.42. The minimum absolute atomic E-state index is 0.166. The third-order valence-corrected chi connectivity index (χ3v) is 3.76. The third kappa shape index (κ3) is 4.58. The molecular weight excluding hydrogens is 361 g/mol. The zero-order chi connectivity index (χ0) is 17.0. The van der Waals surface area contributed by atoms with E-state index in [4.69, 9.17) is 34.8 Å². The molecule has 2 amide bonds. The fourth-order valence-corrected chi connectivity index (χ4v) is 2.51. The van der Waals surface area contributed by atoms with E-state index in [-0.39, 0.29) is 17.6 Å². The smallest absolute Gasteiger partial charge is 0.254 e. The van der Waals surface area contributed by atoms with Gasteiger partial charge in [0.2, 0.25) is 5.91 Å². The van der Waals surface area contributed by atoms with Gasteiger partial charge in [0.1, 0.15) is 5.15 Å². The van der Waals surface area contributed by atoms with Gasteiger partial charge in [0.05, 0.1) is 22.3 Å². The van der Waals surface area contributed by atoms with Crippen LogP contribution in [-0.2, 0) is 4.79 Å². The standard InChI is InChI=1S/C15H12Cl3N3O2/c1-21(15(23)9-5-6-19-12(18)7-9)8-13(22)20-14-10(16)3-2-4-11(14)17/h2-7H,8H2,1H3,(H,20,22). The predicted molar refractivity (Wildman–Crippen MR) is 91.3 cm³/mol. The Labute approximate surface area is 148 Å². The number of likely N-dealkylation sites (N-methyl/N-ethyl adjacent to an activating group) is 1. The van der Waals surface area contributed by atoms with Crippen LogP contribution >= 0.6 is 34.8 Å². The summed E-state index contributed by atoms with van der Waals surface area (Å²) < 4.78 is 0. The SMILES string of the molecule is CN(CC(=O)Nc1c(Cl)cccc1Cl)C(=O)c1ccnc(Cl)c1. The Bertz CT molecular complexity index is 732. The molecule has 0 atom stereocenters. The zero-order valence-corrected chi connectivity index (χ0v) is 14.3. The lowest BCUT2D eigenvalue weighted by Crippen LogP contribution is -2.35. The summed E-state index contributed by atoms with van der Waals surface area (Å²) in [5.74, 6) is -0.772. The van der Waals surface area contributed by atoms with E-state index in [1.54, 1.807) is 18.2 Å². The lowest BCUT2D eigenvalue weighted by atomic mass is 10.2. The molecule has 1 heterocycles. The van der Waals surface area contributed by atoms with Crippen LogP contribution in [0.2, 0.25) is 15.2 Å². The molecule has 120 valence electrons. The lowest BCUT2D eigenvalue weighted by molar-refractivity contribution is -0.116. The van der Waals surface area contributed by atoms with Gasteiger partial charge in [0.15, 0.2) is 0 Å². The number of para-hydroxylation sites is 1. The molecule has 2 rings (SSSR count). The third-order valence-electron chi connectivity index (χ3n) is 2.93. The molecule has 0 fully saturated rings. The van der Waals surface area contributed by atoms with Gasteiger partial charge in [-0.15, -0.1) is 0 Å². The van der Waals surface area contributed by atoms with E-state index in [0.717, 1.165) is 0 Å². The van der Waals surface area contributed by atoms with E-state index in [1.165, 1.54) is 30.3 Å². The van der Waals surface area contributed by atoms with Crippen LogP contribution in [0.25, 0.3) is 0 Å². The van der Waals surface area contributed by atoms with Crippen molar-refractivity contribution in [1.29, 1.82) is 0 Å². The molecule has 0 unspecified atom stereocenters. The minimum Gasteiger partial charge on any atom is -0.332 e. The summed E-state index contributed by atoms with van der Waals surface area (Å²) in [7, 11) is 1.50. The van der Waals surface area contributed by atoms with E-state index < -0.39 is 5.91 Å². The van der Waals surface area contributed by atoms with E-state index in [9.17, 15) is 9.59 Å². The average Bonchev–Trinajstić information content (AvgIpc) is 2.50. The normalized spacial score (nSPS) is 10.3. The van der Waals surface area contributed by atoms with E-state index in [0.29, 0.717) is 21.3 Å². The summed E-state index contributed by atoms with van der Waals surface area (Å²) in [5.41, 5.74) is 0.657. The van der Waals surface area contributed by atoms with Crippen LogP contribution in [0.3, 0.4) is 0 Å². The molecular formula is C15H12Cl3N3O2. The van der Waals surface area contributed by atoms with Crippen molar-refractivity contribution >= 4 is 52.3 Å². The quantitative estimate of drug-likeness (QED) is 0.831. The summed E-state index contributed by atoms with van der Waals surface area (Å²) in [5, 5.41) is 3.44. The van der Waals surface area contributed by atoms with Crippen LogP contribution in [0.15, 0.2) is 36.5 Å². The van der Waals surface area contributed by atoms with Crippen molar-refractivity contribution in [3.05, 3.63) is 57.3 Å². The van der Waals surface area contributed by atoms with Gasteiger partial charge in [-0.1, -0.05) is 40.9 Å². The highest BCUT2D eigenvalue weighted by Crippen LogP contribution is 2.29. The van der Waals surface area contributed by atoms with Crippen LogP contribution in [0.5, 0.6) is 0 Å². The number of nitrogens with zero attached hydrogens (tertiary/aromatic N) is 2. The number of hydrogen-bond acceptors (Lipinski definition) is 3. The number of carbonyl (C=O) groups excluding carboxylic acids is 2. The Kier molecular flexibility index (Phi) is 5.82. The second kappa shape index (κ2) is 7.64. The largest absolute Gasteiger partial charge is 0.332 e. The first kappa shape index (κ1) is 17.5. The van der Waals surface area contributed by atoms with Gasteiger partial charge in [0.25, 0.3) is 5.91 Å². The first-order chi connectivity index (χ1) is 10.9. The maximum atomic E-state index is 12.2. The second-order valence-corrected chi connectivity index (χ2v) is 5.87. The number of carbonyl (C=O) groups is 2. The minimum atomic E-state index is -0.420. The van der Waals surface area contributed by atoms with Crippen LogP contribution < -0.4 is 5.32 Å². The summed E-state index contributed by atoms with van der Waals surface area (Å²) >= 11 is 17.7. The number of aromatic nitrogens is 1. The molecule has 0 bridgehead atoms. The first-order valence-electron chi connectivity index (χ1n) is 6.49. The van der Waals surface area contributed by atoms with Crippen LogP contribution in [0.4, 0.5) is 5.69 Å². The van der Waals surface area contributed by atoms with E-state index in [2.05, 4.69) is 10.3 Å². The number of pyridine rings is 1. The highest BCUT2D eigenvalue weighted by Gasteiger charge is 2.17. The Morgan fingerprint density at radius 3 is 2.43 bits per heavy atom. The lowest BCUT2D eigenvalue weighted by Gasteiger charge is -2.17. The number of benzene rings is 1. The van der Waals surface area contributed by atoms with Gasteiger partial charge < -0.3 is 10.2 Å². The molecule has 2 aromatic rings. The summed E-state index contributed by atoms with van der Waals surface area (Å²) in [6, 6.07) is 7.84. The molecule has 23 heavy (non-hydrogen) atoms. The van der Waals surface area contributed by atoms with Crippen LogP contribution in [0, 0.1) is 0 Å². The molecule has 0 aliphatic carbocycles. The number of nitrogens with one attached hydrogen (secondary N) is 1. The topological polar surface area (TPSA) is 62.3 Å². The molecule has 0 aliphatic heterocycles. The molecule has 1 aromatic heterocycles. The zero-order valence-electron chi connectivity index (χ0n) is 12.0. The highest BCUT2D eigenvalue weighted by atomic mass is 35.5. The monoisotopic (exact) mass is 371 g/mol. The molecule has 8 heteroatoms. The Morgan fingerprint density at radius 1 is 1.17 bits per heavy atom. The molecule has 1 aromatic carbocycles. The average molecular weight is 373 g/mol. The number of hydrogen-bond donors (Lipinski definition) is 1. The molecule has 0 radical (unpaired) electrons. The van der Waals surface area contributed by atoms with Crippen molar-refractivity contribution < 1.29 is 9.59 Å². The van der Waals surface area contributed by atoms with Crippen molar-refractivity contribution in [2.75, 3.05) is 18.9 Å². The fraction of sp³-hybridized carbons (Fsp3) is 0.133. The Hall–Kier alpha value is -1.82. The van der Waals surface area contributed by atoms with Crippen molar-refractivity contribution in [1.82, 2.24) is 9.88 Å². The second-order valence-electron chi connectivity index (χ2n) is 4.67. The maximum Gasteiger partial charge on any atom is 0.254 e. The maximum absolute atomic E-state index is 12.2. The molecule has 0 saturated carbocycles. The van der Waals surface area contributed by atoms with Gasteiger partial charge in [-0.05, 0) is 24.3 Å². The van der Waals surface area contributed by atoms with E-state index >= 15 is 0 Å². The summed E-state index contributed by atoms with van der Waals surface area (Å²) in [6.45, 7) is -0.166. The molecule has 0 spiro atoms. The van der Waals surface area contributed by atoms with Crippen LogP contribution in [-0.4, -0.2) is 35.3 Å². The van der Waals surface area contributed by atoms with Crippen molar-refractivity contribution in [2.24, 2.45) is 0 Å². The predicted octanol–water partition coefficient (Wildman–Crippen LogP) is 3.75. The van der Waals surface area contributed by atoms with Crippen LogP contribution in [0.1, 0.15) is 10.4 Å². The Balaban J connectivity index is 2.04. The number of rotatable bonds is 4. The molecule has 0 aliphatic rings. The molecule has 1 N–H and O–H groups in total.